The van der Waals surface area contributed by atoms with Crippen LogP contribution in [0.15, 0.2) is 59.4 Å². The number of H-pyrrole nitrogens is 1. The van der Waals surface area contributed by atoms with Gasteiger partial charge in [-0.25, -0.2) is 9.59 Å². The molecule has 22 heavy (non-hydrogen) atoms. The van der Waals surface area contributed by atoms with E-state index in [9.17, 15) is 14.7 Å². The number of carboxylic acids is 1. The number of hydrogen-bond acceptors (Lipinski definition) is 2. The van der Waals surface area contributed by atoms with Gasteiger partial charge >= 0.3 is 11.7 Å². The molecule has 0 spiro atoms. The van der Waals surface area contributed by atoms with Gasteiger partial charge in [-0.3, -0.25) is 4.57 Å². The highest BCUT2D eigenvalue weighted by molar-refractivity contribution is 6.33. The minimum atomic E-state index is -1.21. The molecule has 0 unspecified atom stereocenters. The number of hydrogen-bond donors (Lipinski definition) is 2. The summed E-state index contributed by atoms with van der Waals surface area (Å²) in [5.74, 6) is -1.21. The van der Waals surface area contributed by atoms with Gasteiger partial charge in [0.05, 0.1) is 11.4 Å². The Morgan fingerprint density at radius 2 is 1.68 bits per heavy atom. The van der Waals surface area contributed by atoms with Crippen LogP contribution in [0.5, 0.6) is 0 Å². The fourth-order valence-corrected chi connectivity index (χ4v) is 2.55. The molecule has 0 saturated heterocycles. The molecule has 2 aromatic carbocycles. The highest BCUT2D eigenvalue weighted by atomic mass is 35.5. The molecule has 3 rings (SSSR count). The van der Waals surface area contributed by atoms with Crippen molar-refractivity contribution in [2.24, 2.45) is 0 Å². The van der Waals surface area contributed by atoms with Crippen molar-refractivity contribution in [2.45, 2.75) is 0 Å². The third kappa shape index (κ3) is 2.31. The highest BCUT2D eigenvalue weighted by Gasteiger charge is 2.23. The van der Waals surface area contributed by atoms with Crippen LogP contribution in [0.25, 0.3) is 16.9 Å². The van der Waals surface area contributed by atoms with E-state index >= 15 is 0 Å². The first-order chi connectivity index (χ1) is 10.6. The molecule has 0 aliphatic rings. The van der Waals surface area contributed by atoms with Gasteiger partial charge in [-0.2, -0.15) is 0 Å². The summed E-state index contributed by atoms with van der Waals surface area (Å²) in [6.45, 7) is 0. The van der Waals surface area contributed by atoms with Crippen LogP contribution in [0.3, 0.4) is 0 Å². The molecular formula is C16H11ClN2O3. The van der Waals surface area contributed by atoms with Crippen LogP contribution in [0.4, 0.5) is 0 Å². The molecule has 6 heteroatoms. The van der Waals surface area contributed by atoms with Crippen LogP contribution >= 0.6 is 11.6 Å². The molecular weight excluding hydrogens is 304 g/mol. The molecule has 0 aliphatic heterocycles. The van der Waals surface area contributed by atoms with E-state index < -0.39 is 11.7 Å². The topological polar surface area (TPSA) is 75.1 Å². The van der Waals surface area contributed by atoms with Crippen molar-refractivity contribution in [2.75, 3.05) is 0 Å². The smallest absolute Gasteiger partial charge is 0.355 e. The Bertz CT molecular complexity index is 897. The molecule has 3 aromatic rings. The summed E-state index contributed by atoms with van der Waals surface area (Å²) in [5, 5.41) is 9.92. The number of para-hydroxylation sites is 1. The quantitative estimate of drug-likeness (QED) is 0.779. The van der Waals surface area contributed by atoms with Crippen molar-refractivity contribution in [3.8, 4) is 16.9 Å². The lowest BCUT2D eigenvalue weighted by Crippen LogP contribution is -2.18. The standard InChI is InChI=1S/C16H11ClN2O3/c17-12-9-5-4-8-11(12)13-14(15(20)21)19(16(22)18-13)10-6-2-1-3-7-10/h1-9H,(H,18,22)(H,20,21). The summed E-state index contributed by atoms with van der Waals surface area (Å²) in [6, 6.07) is 15.3. The van der Waals surface area contributed by atoms with E-state index in [1.807, 2.05) is 0 Å². The molecule has 1 aromatic heterocycles. The van der Waals surface area contributed by atoms with E-state index in [0.717, 1.165) is 4.57 Å². The maximum atomic E-state index is 12.3. The van der Waals surface area contributed by atoms with Gasteiger partial charge in [0.2, 0.25) is 0 Å². The second kappa shape index (κ2) is 5.54. The Labute approximate surface area is 130 Å². The number of imidazole rings is 1. The van der Waals surface area contributed by atoms with Gasteiger partial charge in [0, 0.05) is 10.6 Å². The third-order valence-corrected chi connectivity index (χ3v) is 3.59. The van der Waals surface area contributed by atoms with Crippen molar-refractivity contribution >= 4 is 17.6 Å². The molecule has 1 heterocycles. The molecule has 2 N–H and O–H groups in total. The third-order valence-electron chi connectivity index (χ3n) is 3.26. The second-order valence-corrected chi connectivity index (χ2v) is 5.02. The number of benzene rings is 2. The fraction of sp³-hybridized carbons (Fsp3) is 0. The number of rotatable bonds is 3. The number of halogens is 1. The largest absolute Gasteiger partial charge is 0.476 e. The van der Waals surface area contributed by atoms with Gasteiger partial charge in [-0.05, 0) is 18.2 Å². The zero-order valence-corrected chi connectivity index (χ0v) is 12.0. The van der Waals surface area contributed by atoms with Crippen molar-refractivity contribution < 1.29 is 9.90 Å². The number of nitrogens with zero attached hydrogens (tertiary/aromatic N) is 1. The lowest BCUT2D eigenvalue weighted by molar-refractivity contribution is 0.0689. The van der Waals surface area contributed by atoms with E-state index in [2.05, 4.69) is 4.98 Å². The predicted molar refractivity (Wildman–Crippen MR) is 83.8 cm³/mol. The number of aromatic amines is 1. The Morgan fingerprint density at radius 3 is 2.32 bits per heavy atom. The maximum absolute atomic E-state index is 12.3. The Morgan fingerprint density at radius 1 is 1.05 bits per heavy atom. The van der Waals surface area contributed by atoms with Gasteiger partial charge in [0.1, 0.15) is 0 Å². The molecule has 0 fully saturated rings. The lowest BCUT2D eigenvalue weighted by Gasteiger charge is -2.06. The molecule has 110 valence electrons. The van der Waals surface area contributed by atoms with Crippen LogP contribution in [0.2, 0.25) is 5.02 Å². The number of carboxylic acid groups (broad SMARTS) is 1. The summed E-state index contributed by atoms with van der Waals surface area (Å²) in [5.41, 5.74) is 0.447. The zero-order valence-electron chi connectivity index (χ0n) is 11.3. The molecule has 0 saturated carbocycles. The first kappa shape index (κ1) is 14.2. The Hall–Kier alpha value is -2.79. The van der Waals surface area contributed by atoms with Crippen molar-refractivity contribution in [1.82, 2.24) is 9.55 Å². The molecule has 0 amide bonds. The highest BCUT2D eigenvalue weighted by Crippen LogP contribution is 2.29. The average Bonchev–Trinajstić information content (AvgIpc) is 2.86. The minimum absolute atomic E-state index is 0.149. The van der Waals surface area contributed by atoms with E-state index in [4.69, 9.17) is 11.6 Å². The second-order valence-electron chi connectivity index (χ2n) is 4.61. The fourth-order valence-electron chi connectivity index (χ4n) is 2.32. The van der Waals surface area contributed by atoms with Gasteiger partial charge < -0.3 is 10.1 Å². The number of aromatic carboxylic acids is 1. The minimum Gasteiger partial charge on any atom is -0.476 e. The Balaban J connectivity index is 2.33. The molecule has 0 aliphatic carbocycles. The summed E-state index contributed by atoms with van der Waals surface area (Å²) >= 11 is 6.12. The van der Waals surface area contributed by atoms with E-state index in [1.165, 1.54) is 0 Å². The monoisotopic (exact) mass is 314 g/mol. The number of carbonyl (C=O) groups is 1. The van der Waals surface area contributed by atoms with Gasteiger partial charge in [-0.15, -0.1) is 0 Å². The summed E-state index contributed by atoms with van der Waals surface area (Å²) in [6.07, 6.45) is 0. The molecule has 0 radical (unpaired) electrons. The number of nitrogens with one attached hydrogen (secondary N) is 1. The van der Waals surface area contributed by atoms with Crippen LogP contribution < -0.4 is 5.69 Å². The van der Waals surface area contributed by atoms with E-state index in [1.54, 1.807) is 54.6 Å². The lowest BCUT2D eigenvalue weighted by atomic mass is 10.1. The first-order valence-electron chi connectivity index (χ1n) is 6.48. The van der Waals surface area contributed by atoms with Gasteiger partial charge in [0.25, 0.3) is 0 Å². The summed E-state index contributed by atoms with van der Waals surface area (Å²) in [4.78, 5) is 26.5. The van der Waals surface area contributed by atoms with Gasteiger partial charge in [-0.1, -0.05) is 48.0 Å². The predicted octanol–water partition coefficient (Wildman–Crippen LogP) is 3.18. The van der Waals surface area contributed by atoms with Crippen LogP contribution in [-0.4, -0.2) is 20.6 Å². The number of aromatic nitrogens is 2. The normalized spacial score (nSPS) is 10.6. The van der Waals surface area contributed by atoms with Crippen molar-refractivity contribution in [3.63, 3.8) is 0 Å². The zero-order chi connectivity index (χ0) is 15.7. The summed E-state index contributed by atoms with van der Waals surface area (Å²) < 4.78 is 1.13. The van der Waals surface area contributed by atoms with Crippen molar-refractivity contribution in [1.29, 1.82) is 0 Å². The Kier molecular flexibility index (Phi) is 3.56. The molecule has 5 nitrogen and oxygen atoms in total. The van der Waals surface area contributed by atoms with E-state index in [0.29, 0.717) is 16.3 Å². The van der Waals surface area contributed by atoms with Crippen molar-refractivity contribution in [3.05, 3.63) is 75.8 Å². The average molecular weight is 315 g/mol. The van der Waals surface area contributed by atoms with Crippen LogP contribution in [0, 0.1) is 0 Å². The van der Waals surface area contributed by atoms with Crippen LogP contribution in [-0.2, 0) is 0 Å². The summed E-state index contributed by atoms with van der Waals surface area (Å²) in [7, 11) is 0. The van der Waals surface area contributed by atoms with E-state index in [-0.39, 0.29) is 11.4 Å². The first-order valence-corrected chi connectivity index (χ1v) is 6.86. The van der Waals surface area contributed by atoms with Crippen LogP contribution in [0.1, 0.15) is 10.5 Å². The van der Waals surface area contributed by atoms with Gasteiger partial charge in [0.15, 0.2) is 5.69 Å². The maximum Gasteiger partial charge on any atom is 0.355 e. The molecule has 0 bridgehead atoms. The molecule has 0 atom stereocenters. The SMILES string of the molecule is O=C(O)c1c(-c2ccccc2Cl)[nH]c(=O)n1-c1ccccc1.